The Morgan fingerprint density at radius 3 is 2.64 bits per heavy atom. The molecule has 312 valence electrons. The second kappa shape index (κ2) is 12.8. The minimum Gasteiger partial charge on any atom is -0.412 e. The summed E-state index contributed by atoms with van der Waals surface area (Å²) in [5, 5.41) is 14.7. The summed E-state index contributed by atoms with van der Waals surface area (Å²) >= 11 is 3.87. The molecule has 0 spiro atoms. The Bertz CT molecular complexity index is 1650. The molecule has 2 atom stereocenters. The van der Waals surface area contributed by atoms with Crippen LogP contribution in [-0.4, -0.2) is 89.5 Å². The fourth-order valence-electron chi connectivity index (χ4n) is 4.33. The van der Waals surface area contributed by atoms with Crippen LogP contribution in [0, 0.1) is 0 Å². The standard InChI is InChI=1S/C24H30N8O6S3.H2O.42H2/c1-7-38-30-16(14-11-39-21(25-6)26-14)17(34)28-23(4)20(37)31-15(8-33)13(10-41-24(23,31)5)9-40-22-27-18(35)19(36)29-32(22)12(2)3;;;;;;;;;;;;;;;;;;;;;;;;;;;;;;;;;;;;;;;;;;;/h8,11-12H,7,9-10H2,1-6H3,(H,25,26)(H,28,34)(H,29,36);1H2;42*1H/b30-16-;;;;;;;;;;;;;;;;;;;;;;;;;;;;;;;;;;;;;;;;;;;/t23-,24-;;;;;;;;;;;;;;;;;;;;;;;;;;;;;;;;;;;;;;;;;;;/m1.........................................../s1. The lowest BCUT2D eigenvalue weighted by Gasteiger charge is -2.63. The number of nitrogens with one attached hydrogen (secondary N) is 3. The Morgan fingerprint density at radius 2 is 2.05 bits per heavy atom. The van der Waals surface area contributed by atoms with Crippen molar-refractivity contribution in [3.63, 3.8) is 0 Å². The number of aromatic nitrogens is 4. The number of hydrogen-bond donors (Lipinski definition) is 3. The van der Waals surface area contributed by atoms with Crippen LogP contribution in [0.3, 0.4) is 0 Å². The Hall–Kier alpha value is -3.48. The van der Waals surface area contributed by atoms with Crippen LogP contribution >= 0.6 is 34.9 Å². The van der Waals surface area contributed by atoms with Crippen LogP contribution in [0.2, 0.25) is 0 Å². The maximum Gasteiger partial charge on any atom is 0.339 e. The predicted octanol–water partition coefficient (Wildman–Crippen LogP) is 10.7. The summed E-state index contributed by atoms with van der Waals surface area (Å²) in [6.07, 6.45) is 0.625. The van der Waals surface area contributed by atoms with Crippen molar-refractivity contribution in [3.05, 3.63) is 43.1 Å². The van der Waals surface area contributed by atoms with Crippen molar-refractivity contribution in [1.82, 2.24) is 30.0 Å². The SMILES string of the molecule is CCO/N=C(\C(=O)N[C@]1(C)C(=O)N2C(C=O)=C(CSc3nc(=O)c(=O)[nH]n3C(C)C)CS[C@@]21C)c1csc(NC)n1.O.[HH].[HH].[HH].[HH].[HH].[HH].[HH].[HH].[HH].[HH].[HH].[HH].[HH].[HH].[HH].[HH].[HH].[HH].[HH].[HH].[HH].[HH].[HH].[HH].[HH].[HH].[HH].[HH].[HH].[HH].[HH].[HH].[HH].[HH].[HH].[HH].[HH].[HH].[HH].[HH].[HH].[HH]. The summed E-state index contributed by atoms with van der Waals surface area (Å²) in [6.45, 7) is 9.02. The molecule has 0 aliphatic carbocycles. The molecule has 2 aromatic rings. The van der Waals surface area contributed by atoms with Gasteiger partial charge >= 0.3 is 11.1 Å². The third-order valence-corrected chi connectivity index (χ3v) is 10.3. The van der Waals surface area contributed by atoms with Gasteiger partial charge in [0.1, 0.15) is 22.7 Å². The highest BCUT2D eigenvalue weighted by molar-refractivity contribution is 8.01. The van der Waals surface area contributed by atoms with Crippen LogP contribution in [0.25, 0.3) is 0 Å². The van der Waals surface area contributed by atoms with E-state index in [-0.39, 0.29) is 100 Å². The van der Waals surface area contributed by atoms with Crippen LogP contribution in [0.4, 0.5) is 5.13 Å². The number of rotatable bonds is 11. The van der Waals surface area contributed by atoms with Crippen LogP contribution < -0.4 is 21.8 Å². The maximum atomic E-state index is 13.6. The van der Waals surface area contributed by atoms with Crippen LogP contribution in [-0.2, 0) is 19.2 Å². The first kappa shape index (κ1) is 33.0. The van der Waals surface area contributed by atoms with Crippen LogP contribution in [0.5, 0.6) is 0 Å². The molecule has 0 radical (unpaired) electrons. The minimum atomic E-state index is -1.37. The van der Waals surface area contributed by atoms with Gasteiger partial charge in [-0.1, -0.05) is 16.9 Å². The summed E-state index contributed by atoms with van der Waals surface area (Å²) in [4.78, 5) is 76.8. The fourth-order valence-corrected chi connectivity index (χ4v) is 7.66. The van der Waals surface area contributed by atoms with E-state index in [1.807, 2.05) is 13.8 Å². The fraction of sp³-hybridized carbons (Fsp3) is 0.500. The lowest BCUT2D eigenvalue weighted by molar-refractivity contribution is -0.162. The molecule has 2 aliphatic rings. The normalized spacial score (nSPS) is 21.8. The highest BCUT2D eigenvalue weighted by Gasteiger charge is 2.70. The molecule has 1 saturated heterocycles. The van der Waals surface area contributed by atoms with E-state index in [2.05, 4.69) is 30.9 Å². The van der Waals surface area contributed by atoms with Gasteiger partial charge in [0.25, 0.3) is 11.8 Å². The number of aldehydes is 1. The number of aromatic amines is 1. The van der Waals surface area contributed by atoms with E-state index in [1.54, 1.807) is 33.2 Å². The van der Waals surface area contributed by atoms with Gasteiger partial charge in [-0.2, -0.15) is 4.98 Å². The number of hydrogen-bond acceptors (Lipinski definition) is 13. The molecule has 15 nitrogen and oxygen atoms in total. The number of allylic oxidation sites excluding steroid dienone is 1. The molecule has 2 aliphatic heterocycles. The second-order valence-electron chi connectivity index (χ2n) is 9.64. The number of thioether (sulfide) groups is 2. The molecule has 4 rings (SSSR count). The van der Waals surface area contributed by atoms with E-state index in [0.717, 1.165) is 0 Å². The zero-order valence-corrected chi connectivity index (χ0v) is 26.2. The summed E-state index contributed by atoms with van der Waals surface area (Å²) < 4.78 is 1.49. The van der Waals surface area contributed by atoms with Crippen LogP contribution in [0.15, 0.2) is 36.6 Å². The summed E-state index contributed by atoms with van der Waals surface area (Å²) in [7, 11) is 1.71. The third-order valence-electron chi connectivity index (χ3n) is 6.76. The monoisotopic (exact) mass is 725 g/mol. The van der Waals surface area contributed by atoms with Gasteiger partial charge in [0.05, 0.1) is 5.70 Å². The number of nitrogens with zero attached hydrogens (tertiary/aromatic N) is 5. The second-order valence-corrected chi connectivity index (χ2v) is 12.8. The molecule has 2 aromatic heterocycles. The Balaban J connectivity index is -0.0000000118. The number of carbonyl (C=O) groups excluding carboxylic acids is 3. The zero-order valence-electron chi connectivity index (χ0n) is 23.8. The number of H-pyrrole nitrogens is 1. The quantitative estimate of drug-likeness (QED) is 0.0495. The van der Waals surface area contributed by atoms with Crippen molar-refractivity contribution < 1.29 is 84.6 Å². The van der Waals surface area contributed by atoms with E-state index in [1.165, 1.54) is 44.4 Å². The topological polar surface area (TPSA) is 212 Å². The van der Waals surface area contributed by atoms with Gasteiger partial charge in [-0.3, -0.25) is 38.7 Å². The Labute approximate surface area is 315 Å². The number of thiazole rings is 1. The smallest absolute Gasteiger partial charge is 0.339 e. The molecule has 0 unspecified atom stereocenters. The van der Waals surface area contributed by atoms with Gasteiger partial charge in [-0.25, -0.2) is 4.98 Å². The Kier molecular flexibility index (Phi) is 10.1. The molecular formula is C24H116N8O7S3. The average Bonchev–Trinajstić information content (AvgIpc) is 3.42. The van der Waals surface area contributed by atoms with Gasteiger partial charge in [0.15, 0.2) is 22.3 Å². The molecule has 4 heterocycles. The summed E-state index contributed by atoms with van der Waals surface area (Å²) in [5.41, 5.74) is -2.02. The molecule has 5 N–H and O–H groups in total. The van der Waals surface area contributed by atoms with Gasteiger partial charge in [-0.05, 0) is 40.2 Å². The van der Waals surface area contributed by atoms with Crippen molar-refractivity contribution in [3.8, 4) is 0 Å². The number of carbonyl (C=O) groups is 3. The lowest BCUT2D eigenvalue weighted by Crippen LogP contribution is -2.84. The summed E-state index contributed by atoms with van der Waals surface area (Å²) in [5.74, 6) is -0.480. The Morgan fingerprint density at radius 1 is 1.33 bits per heavy atom. The maximum absolute atomic E-state index is 13.6. The van der Waals surface area contributed by atoms with Crippen molar-refractivity contribution in [2.75, 3.05) is 30.5 Å². The van der Waals surface area contributed by atoms with Gasteiger partial charge in [-0.15, -0.1) is 23.1 Å². The molecular weight excluding hydrogens is 609 g/mol. The molecule has 0 aromatic carbocycles. The van der Waals surface area contributed by atoms with E-state index in [4.69, 9.17) is 4.84 Å². The van der Waals surface area contributed by atoms with Crippen molar-refractivity contribution in [2.24, 2.45) is 5.16 Å². The number of amides is 2. The highest BCUT2D eigenvalue weighted by atomic mass is 32.2. The molecule has 1 fully saturated rings. The van der Waals surface area contributed by atoms with E-state index in [0.29, 0.717) is 28.4 Å². The van der Waals surface area contributed by atoms with Gasteiger partial charge in [0, 0.05) is 89.9 Å². The number of fused-ring (bicyclic) bond motifs is 1. The van der Waals surface area contributed by atoms with E-state index < -0.39 is 33.3 Å². The first-order chi connectivity index (χ1) is 19.4. The van der Waals surface area contributed by atoms with Gasteiger partial charge in [0.2, 0.25) is 0 Å². The van der Waals surface area contributed by atoms with E-state index >= 15 is 0 Å². The molecule has 0 bridgehead atoms. The van der Waals surface area contributed by atoms with Crippen molar-refractivity contribution in [2.45, 2.75) is 56.2 Å². The van der Waals surface area contributed by atoms with Gasteiger partial charge < -0.3 is 20.9 Å². The van der Waals surface area contributed by atoms with Crippen molar-refractivity contribution >= 4 is 63.8 Å². The van der Waals surface area contributed by atoms with Crippen LogP contribution in [0.1, 0.15) is 106 Å². The molecule has 0 saturated carbocycles. The zero-order chi connectivity index (χ0) is 30.1. The van der Waals surface area contributed by atoms with Crippen molar-refractivity contribution in [1.29, 1.82) is 0 Å². The molecule has 42 heavy (non-hydrogen) atoms. The highest BCUT2D eigenvalue weighted by Crippen LogP contribution is 2.54. The summed E-state index contributed by atoms with van der Waals surface area (Å²) in [6, 6.07) is -0.173. The number of β-lactam (4-membered cyclic amide) rings is 1. The average molecular weight is 725 g/mol. The first-order valence-corrected chi connectivity index (χ1v) is 15.4. The largest absolute Gasteiger partial charge is 0.412 e. The number of anilines is 1. The lowest BCUT2D eigenvalue weighted by atomic mass is 9.79. The predicted molar refractivity (Wildman–Crippen MR) is 250 cm³/mol. The number of oxime groups is 1. The van der Waals surface area contributed by atoms with E-state index in [9.17, 15) is 24.0 Å². The minimum absolute atomic E-state index is 0. The molecule has 18 heteroatoms. The first-order valence-electron chi connectivity index (χ1n) is 12.6. The third kappa shape index (κ3) is 5.62. The molecule has 2 amide bonds.